The number of nitrogens with zero attached hydrogens (tertiary/aromatic N) is 2. The summed E-state index contributed by atoms with van der Waals surface area (Å²) in [4.78, 5) is 14.9. The van der Waals surface area contributed by atoms with Gasteiger partial charge in [-0.25, -0.2) is 4.98 Å². The van der Waals surface area contributed by atoms with Gasteiger partial charge in [0.2, 0.25) is 0 Å². The van der Waals surface area contributed by atoms with Gasteiger partial charge in [-0.05, 0) is 36.2 Å². The van der Waals surface area contributed by atoms with E-state index in [9.17, 15) is 10.1 Å². The molecule has 140 valence electrons. The minimum atomic E-state index is -0.411. The molecule has 0 unspecified atom stereocenters. The maximum absolute atomic E-state index is 10.7. The Morgan fingerprint density at radius 1 is 1.11 bits per heavy atom. The van der Waals surface area contributed by atoms with Crippen molar-refractivity contribution in [2.45, 2.75) is 6.42 Å². The molecule has 8 heteroatoms. The van der Waals surface area contributed by atoms with Gasteiger partial charge in [-0.1, -0.05) is 6.07 Å². The zero-order chi connectivity index (χ0) is 19.2. The van der Waals surface area contributed by atoms with E-state index in [2.05, 4.69) is 10.3 Å². The van der Waals surface area contributed by atoms with Crippen LogP contribution in [0.1, 0.15) is 5.56 Å². The molecule has 0 aliphatic heterocycles. The maximum Gasteiger partial charge on any atom is 0.269 e. The van der Waals surface area contributed by atoms with Gasteiger partial charge in [-0.2, -0.15) is 0 Å². The summed E-state index contributed by atoms with van der Waals surface area (Å²) in [6.07, 6.45) is 0.812. The molecule has 0 radical (unpaired) electrons. The van der Waals surface area contributed by atoms with Gasteiger partial charge in [0.15, 0.2) is 16.6 Å². The van der Waals surface area contributed by atoms with Crippen molar-refractivity contribution < 1.29 is 14.4 Å². The number of aromatic nitrogens is 1. The van der Waals surface area contributed by atoms with Crippen LogP contribution >= 0.6 is 11.3 Å². The fourth-order valence-corrected chi connectivity index (χ4v) is 3.34. The van der Waals surface area contributed by atoms with Gasteiger partial charge in [0.05, 0.1) is 24.8 Å². The van der Waals surface area contributed by atoms with E-state index in [-0.39, 0.29) is 5.69 Å². The minimum absolute atomic E-state index is 0.0715. The number of hydrogen-bond donors (Lipinski definition) is 1. The highest BCUT2D eigenvalue weighted by Crippen LogP contribution is 2.28. The third kappa shape index (κ3) is 4.53. The zero-order valence-corrected chi connectivity index (χ0v) is 15.8. The number of nitro benzene ring substituents is 1. The highest BCUT2D eigenvalue weighted by atomic mass is 32.1. The van der Waals surface area contributed by atoms with Gasteiger partial charge in [0.1, 0.15) is 0 Å². The van der Waals surface area contributed by atoms with Gasteiger partial charge in [-0.15, -0.1) is 11.3 Å². The van der Waals surface area contributed by atoms with Crippen molar-refractivity contribution in [3.8, 4) is 22.8 Å². The lowest BCUT2D eigenvalue weighted by Gasteiger charge is -2.09. The first kappa shape index (κ1) is 18.7. The number of anilines is 1. The molecular weight excluding hydrogens is 366 g/mol. The number of hydrogen-bond acceptors (Lipinski definition) is 7. The lowest BCUT2D eigenvalue weighted by molar-refractivity contribution is -0.384. The van der Waals surface area contributed by atoms with Crippen LogP contribution in [0, 0.1) is 10.1 Å². The third-order valence-corrected chi connectivity index (χ3v) is 4.82. The fraction of sp³-hybridized carbons (Fsp3) is 0.211. The Kier molecular flexibility index (Phi) is 5.87. The molecule has 27 heavy (non-hydrogen) atoms. The summed E-state index contributed by atoms with van der Waals surface area (Å²) in [6, 6.07) is 12.3. The van der Waals surface area contributed by atoms with Crippen LogP contribution in [-0.2, 0) is 6.42 Å². The smallest absolute Gasteiger partial charge is 0.269 e. The van der Waals surface area contributed by atoms with E-state index in [1.165, 1.54) is 23.5 Å². The van der Waals surface area contributed by atoms with E-state index >= 15 is 0 Å². The number of nitrogens with one attached hydrogen (secondary N) is 1. The first-order valence-corrected chi connectivity index (χ1v) is 9.14. The van der Waals surface area contributed by atoms with Gasteiger partial charge in [0, 0.05) is 29.6 Å². The number of nitro groups is 1. The van der Waals surface area contributed by atoms with Crippen LogP contribution in [-0.4, -0.2) is 30.7 Å². The standard InChI is InChI=1S/C19H19N3O4S/c1-25-17-8-3-13(11-18(17)26-2)9-10-20-19-21-16(12-27-19)14-4-6-15(7-5-14)22(23)24/h3-8,11-12H,9-10H2,1-2H3,(H,20,21). The Bertz CT molecular complexity index is 925. The lowest BCUT2D eigenvalue weighted by Crippen LogP contribution is -2.05. The second-order valence-electron chi connectivity index (χ2n) is 5.71. The summed E-state index contributed by atoms with van der Waals surface area (Å²) >= 11 is 1.50. The molecular formula is C19H19N3O4S. The zero-order valence-electron chi connectivity index (χ0n) is 15.0. The average Bonchev–Trinajstić information content (AvgIpc) is 3.16. The van der Waals surface area contributed by atoms with Gasteiger partial charge >= 0.3 is 0 Å². The maximum atomic E-state index is 10.7. The second-order valence-corrected chi connectivity index (χ2v) is 6.57. The van der Waals surface area contributed by atoms with Crippen LogP contribution < -0.4 is 14.8 Å². The van der Waals surface area contributed by atoms with Gasteiger partial charge < -0.3 is 14.8 Å². The van der Waals surface area contributed by atoms with Crippen molar-refractivity contribution in [3.63, 3.8) is 0 Å². The normalized spacial score (nSPS) is 10.4. The summed E-state index contributed by atoms with van der Waals surface area (Å²) in [6.45, 7) is 0.725. The van der Waals surface area contributed by atoms with E-state index in [4.69, 9.17) is 9.47 Å². The SMILES string of the molecule is COc1ccc(CCNc2nc(-c3ccc([N+](=O)[O-])cc3)cs2)cc1OC. The molecule has 0 amide bonds. The van der Waals surface area contributed by atoms with Crippen LogP contribution in [0.3, 0.4) is 0 Å². The molecule has 1 heterocycles. The molecule has 2 aromatic carbocycles. The summed E-state index contributed by atoms with van der Waals surface area (Å²) in [7, 11) is 3.24. The quantitative estimate of drug-likeness (QED) is 0.457. The van der Waals surface area contributed by atoms with Gasteiger partial charge in [0.25, 0.3) is 5.69 Å². The number of rotatable bonds is 8. The number of ether oxygens (including phenoxy) is 2. The molecule has 0 saturated heterocycles. The summed E-state index contributed by atoms with van der Waals surface area (Å²) in [5.41, 5.74) is 2.85. The van der Waals surface area contributed by atoms with E-state index in [0.717, 1.165) is 34.9 Å². The van der Waals surface area contributed by atoms with Crippen molar-refractivity contribution in [3.05, 3.63) is 63.5 Å². The molecule has 0 bridgehead atoms. The molecule has 0 saturated carbocycles. The highest BCUT2D eigenvalue weighted by Gasteiger charge is 2.09. The lowest BCUT2D eigenvalue weighted by atomic mass is 10.1. The largest absolute Gasteiger partial charge is 0.493 e. The first-order chi connectivity index (χ1) is 13.1. The average molecular weight is 385 g/mol. The van der Waals surface area contributed by atoms with Crippen LogP contribution in [0.5, 0.6) is 11.5 Å². The first-order valence-electron chi connectivity index (χ1n) is 8.26. The van der Waals surface area contributed by atoms with Crippen LogP contribution in [0.15, 0.2) is 47.8 Å². The molecule has 3 rings (SSSR count). The Morgan fingerprint density at radius 2 is 1.85 bits per heavy atom. The molecule has 1 aromatic heterocycles. The number of thiazole rings is 1. The molecule has 0 aliphatic rings. The summed E-state index contributed by atoms with van der Waals surface area (Å²) in [5, 5.41) is 16.8. The van der Waals surface area contributed by atoms with Crippen molar-refractivity contribution in [2.75, 3.05) is 26.1 Å². The Labute approximate surface area is 160 Å². The van der Waals surface area contributed by atoms with E-state index in [0.29, 0.717) is 11.5 Å². The van der Waals surface area contributed by atoms with Crippen LogP contribution in [0.25, 0.3) is 11.3 Å². The van der Waals surface area contributed by atoms with Crippen molar-refractivity contribution in [1.82, 2.24) is 4.98 Å². The van der Waals surface area contributed by atoms with Crippen molar-refractivity contribution >= 4 is 22.2 Å². The monoisotopic (exact) mass is 385 g/mol. The summed E-state index contributed by atoms with van der Waals surface area (Å²) in [5.74, 6) is 1.42. The van der Waals surface area contributed by atoms with E-state index in [1.54, 1.807) is 26.4 Å². The predicted octanol–water partition coefficient (Wildman–Crippen LogP) is 4.39. The molecule has 0 atom stereocenters. The molecule has 7 nitrogen and oxygen atoms in total. The minimum Gasteiger partial charge on any atom is -0.493 e. The van der Waals surface area contributed by atoms with Crippen LogP contribution in [0.4, 0.5) is 10.8 Å². The van der Waals surface area contributed by atoms with Crippen LogP contribution in [0.2, 0.25) is 0 Å². The van der Waals surface area contributed by atoms with Gasteiger partial charge in [-0.3, -0.25) is 10.1 Å². The summed E-state index contributed by atoms with van der Waals surface area (Å²) < 4.78 is 10.6. The molecule has 1 N–H and O–H groups in total. The van der Waals surface area contributed by atoms with Crippen molar-refractivity contribution in [1.29, 1.82) is 0 Å². The van der Waals surface area contributed by atoms with Crippen molar-refractivity contribution in [2.24, 2.45) is 0 Å². The Balaban J connectivity index is 1.59. The number of methoxy groups -OCH3 is 2. The van der Waals surface area contributed by atoms with E-state index in [1.807, 2.05) is 23.6 Å². The third-order valence-electron chi connectivity index (χ3n) is 4.02. The second kappa shape index (κ2) is 8.50. The highest BCUT2D eigenvalue weighted by molar-refractivity contribution is 7.14. The fourth-order valence-electron chi connectivity index (χ4n) is 2.59. The van der Waals surface area contributed by atoms with E-state index < -0.39 is 4.92 Å². The topological polar surface area (TPSA) is 86.5 Å². The number of benzene rings is 2. The molecule has 0 spiro atoms. The number of non-ortho nitro benzene ring substituents is 1. The molecule has 3 aromatic rings. The Morgan fingerprint density at radius 3 is 2.52 bits per heavy atom. The Hall–Kier alpha value is -3.13. The predicted molar refractivity (Wildman–Crippen MR) is 106 cm³/mol. The molecule has 0 fully saturated rings. The molecule has 0 aliphatic carbocycles.